The summed E-state index contributed by atoms with van der Waals surface area (Å²) < 4.78 is 0. The van der Waals surface area contributed by atoms with E-state index in [0.717, 1.165) is 38.3 Å². The highest BCUT2D eigenvalue weighted by Gasteiger charge is 2.24. The Morgan fingerprint density at radius 3 is 2.27 bits per heavy atom. The minimum atomic E-state index is -0.139. The lowest BCUT2D eigenvalue weighted by Gasteiger charge is -2.38. The maximum absolute atomic E-state index is 12.1. The van der Waals surface area contributed by atoms with Crippen molar-refractivity contribution in [3.8, 4) is 0 Å². The van der Waals surface area contributed by atoms with Crippen molar-refractivity contribution in [1.82, 2.24) is 9.80 Å². The van der Waals surface area contributed by atoms with Gasteiger partial charge in [0.25, 0.3) is 0 Å². The molecule has 1 saturated heterocycles. The van der Waals surface area contributed by atoms with E-state index in [1.807, 2.05) is 12.1 Å². The standard InChI is InChI=1S/C17H24Cl2N2O/c1-12(2)21-8-6-20(7-9-21)11-15(13(3)22)14-4-5-16(18)17(19)10-14/h4-5,10,12,15H,6-9,11H2,1-3H3. The van der Waals surface area contributed by atoms with E-state index >= 15 is 0 Å². The molecule has 1 aromatic rings. The van der Waals surface area contributed by atoms with Crippen molar-refractivity contribution in [3.63, 3.8) is 0 Å². The summed E-state index contributed by atoms with van der Waals surface area (Å²) in [4.78, 5) is 16.9. The lowest BCUT2D eigenvalue weighted by molar-refractivity contribution is -0.119. The monoisotopic (exact) mass is 342 g/mol. The van der Waals surface area contributed by atoms with Crippen molar-refractivity contribution in [3.05, 3.63) is 33.8 Å². The zero-order valence-corrected chi connectivity index (χ0v) is 15.0. The van der Waals surface area contributed by atoms with Gasteiger partial charge >= 0.3 is 0 Å². The number of rotatable bonds is 5. The fraction of sp³-hybridized carbons (Fsp3) is 0.588. The summed E-state index contributed by atoms with van der Waals surface area (Å²) in [5, 5.41) is 1.04. The van der Waals surface area contributed by atoms with Crippen LogP contribution in [0.4, 0.5) is 0 Å². The van der Waals surface area contributed by atoms with Crippen LogP contribution in [0.15, 0.2) is 18.2 Å². The molecule has 5 heteroatoms. The summed E-state index contributed by atoms with van der Waals surface area (Å²) in [6.45, 7) is 11.0. The largest absolute Gasteiger partial charge is 0.300 e. The highest BCUT2D eigenvalue weighted by molar-refractivity contribution is 6.42. The molecule has 1 fully saturated rings. The first-order valence-corrected chi connectivity index (χ1v) is 8.56. The van der Waals surface area contributed by atoms with Gasteiger partial charge in [0.1, 0.15) is 5.78 Å². The molecule has 1 atom stereocenters. The molecule has 2 rings (SSSR count). The summed E-state index contributed by atoms with van der Waals surface area (Å²) in [5.74, 6) is 0.0324. The third kappa shape index (κ3) is 4.45. The molecule has 0 bridgehead atoms. The van der Waals surface area contributed by atoms with Crippen LogP contribution in [0.5, 0.6) is 0 Å². The molecule has 1 aromatic carbocycles. The number of carbonyl (C=O) groups excluding carboxylic acids is 1. The van der Waals surface area contributed by atoms with E-state index in [0.29, 0.717) is 16.1 Å². The lowest BCUT2D eigenvalue weighted by Crippen LogP contribution is -2.50. The topological polar surface area (TPSA) is 23.6 Å². The Kier molecular flexibility index (Phi) is 6.27. The summed E-state index contributed by atoms with van der Waals surface area (Å²) in [7, 11) is 0. The zero-order valence-electron chi connectivity index (χ0n) is 13.5. The predicted octanol–water partition coefficient (Wildman–Crippen LogP) is 3.69. The van der Waals surface area contributed by atoms with Crippen LogP contribution in [0.2, 0.25) is 10.0 Å². The van der Waals surface area contributed by atoms with Crippen molar-refractivity contribution in [1.29, 1.82) is 0 Å². The van der Waals surface area contributed by atoms with Crippen molar-refractivity contribution in [2.75, 3.05) is 32.7 Å². The van der Waals surface area contributed by atoms with Crippen LogP contribution in [0.25, 0.3) is 0 Å². The van der Waals surface area contributed by atoms with Crippen molar-refractivity contribution < 1.29 is 4.79 Å². The van der Waals surface area contributed by atoms with Crippen molar-refractivity contribution in [2.24, 2.45) is 0 Å². The molecule has 0 saturated carbocycles. The molecular weight excluding hydrogens is 319 g/mol. The molecule has 3 nitrogen and oxygen atoms in total. The highest BCUT2D eigenvalue weighted by Crippen LogP contribution is 2.28. The van der Waals surface area contributed by atoms with Gasteiger partial charge in [0.05, 0.1) is 16.0 Å². The van der Waals surface area contributed by atoms with Gasteiger partial charge < -0.3 is 0 Å². The van der Waals surface area contributed by atoms with Crippen molar-refractivity contribution >= 4 is 29.0 Å². The van der Waals surface area contributed by atoms with Gasteiger partial charge in [0.15, 0.2) is 0 Å². The molecule has 1 unspecified atom stereocenters. The number of Topliss-reactive ketones (excluding diaryl/α,β-unsaturated/α-hetero) is 1. The van der Waals surface area contributed by atoms with Gasteiger partial charge in [0, 0.05) is 38.8 Å². The van der Waals surface area contributed by atoms with Gasteiger partial charge in [-0.15, -0.1) is 0 Å². The number of piperazine rings is 1. The minimum Gasteiger partial charge on any atom is -0.300 e. The molecule has 0 radical (unpaired) electrons. The molecule has 22 heavy (non-hydrogen) atoms. The van der Waals surface area contributed by atoms with Gasteiger partial charge in [-0.2, -0.15) is 0 Å². The molecule has 1 aliphatic heterocycles. The third-order valence-corrected chi connectivity index (χ3v) is 5.15. The van der Waals surface area contributed by atoms with Crippen LogP contribution in [-0.2, 0) is 4.79 Å². The van der Waals surface area contributed by atoms with E-state index < -0.39 is 0 Å². The molecular formula is C17H24Cl2N2O. The summed E-state index contributed by atoms with van der Waals surface area (Å²) in [6.07, 6.45) is 0. The molecule has 0 spiro atoms. The highest BCUT2D eigenvalue weighted by atomic mass is 35.5. The molecule has 0 amide bonds. The second-order valence-corrected chi connectivity index (χ2v) is 7.08. The first-order chi connectivity index (χ1) is 10.4. The quantitative estimate of drug-likeness (QED) is 0.815. The van der Waals surface area contributed by atoms with Crippen LogP contribution in [0, 0.1) is 0 Å². The average molecular weight is 343 g/mol. The Morgan fingerprint density at radius 2 is 1.77 bits per heavy atom. The first kappa shape index (κ1) is 17.7. The number of carbonyl (C=O) groups is 1. The molecule has 0 aliphatic carbocycles. The molecule has 1 aliphatic rings. The molecule has 1 heterocycles. The van der Waals surface area contributed by atoms with E-state index in [4.69, 9.17) is 23.2 Å². The van der Waals surface area contributed by atoms with Crippen LogP contribution in [0.3, 0.4) is 0 Å². The number of benzene rings is 1. The fourth-order valence-electron chi connectivity index (χ4n) is 2.92. The molecule has 122 valence electrons. The van der Waals surface area contributed by atoms with E-state index in [9.17, 15) is 4.79 Å². The smallest absolute Gasteiger partial charge is 0.138 e. The Bertz CT molecular complexity index is 525. The Morgan fingerprint density at radius 1 is 1.14 bits per heavy atom. The van der Waals surface area contributed by atoms with Crippen LogP contribution in [0.1, 0.15) is 32.3 Å². The minimum absolute atomic E-state index is 0.139. The van der Waals surface area contributed by atoms with Crippen LogP contribution in [-0.4, -0.2) is 54.3 Å². The second-order valence-electron chi connectivity index (χ2n) is 6.27. The van der Waals surface area contributed by atoms with Gasteiger partial charge in [0.2, 0.25) is 0 Å². The van der Waals surface area contributed by atoms with E-state index in [-0.39, 0.29) is 11.7 Å². The van der Waals surface area contributed by atoms with Gasteiger partial charge in [-0.25, -0.2) is 0 Å². The van der Waals surface area contributed by atoms with Crippen molar-refractivity contribution in [2.45, 2.75) is 32.7 Å². The predicted molar refractivity (Wildman–Crippen MR) is 93.0 cm³/mol. The number of halogens is 2. The first-order valence-electron chi connectivity index (χ1n) is 7.80. The number of hydrogen-bond acceptors (Lipinski definition) is 3. The van der Waals surface area contributed by atoms with E-state index in [1.54, 1.807) is 13.0 Å². The number of hydrogen-bond donors (Lipinski definition) is 0. The van der Waals surface area contributed by atoms with Gasteiger partial charge in [-0.1, -0.05) is 29.3 Å². The zero-order chi connectivity index (χ0) is 16.3. The third-order valence-electron chi connectivity index (χ3n) is 4.41. The SMILES string of the molecule is CC(=O)C(CN1CCN(C(C)C)CC1)c1ccc(Cl)c(Cl)c1. The molecule has 0 aromatic heterocycles. The summed E-state index contributed by atoms with van der Waals surface area (Å²) in [5.41, 5.74) is 0.952. The Hall–Kier alpha value is -0.610. The number of ketones is 1. The Labute approximate surface area is 143 Å². The average Bonchev–Trinajstić information content (AvgIpc) is 2.48. The summed E-state index contributed by atoms with van der Waals surface area (Å²) >= 11 is 12.1. The normalized spacial score (nSPS) is 18.6. The lowest BCUT2D eigenvalue weighted by atomic mass is 9.94. The fourth-order valence-corrected chi connectivity index (χ4v) is 3.22. The van der Waals surface area contributed by atoms with Crippen LogP contribution < -0.4 is 0 Å². The maximum atomic E-state index is 12.1. The van der Waals surface area contributed by atoms with Gasteiger partial charge in [-0.05, 0) is 38.5 Å². The van der Waals surface area contributed by atoms with Crippen LogP contribution >= 0.6 is 23.2 Å². The Balaban J connectivity index is 2.04. The number of nitrogens with zero attached hydrogens (tertiary/aromatic N) is 2. The van der Waals surface area contributed by atoms with E-state index in [1.165, 1.54) is 0 Å². The second kappa shape index (κ2) is 7.78. The van der Waals surface area contributed by atoms with Gasteiger partial charge in [-0.3, -0.25) is 14.6 Å². The van der Waals surface area contributed by atoms with E-state index in [2.05, 4.69) is 23.6 Å². The maximum Gasteiger partial charge on any atom is 0.138 e. The summed E-state index contributed by atoms with van der Waals surface area (Å²) in [6, 6.07) is 6.08. The molecule has 0 N–H and O–H groups in total.